The summed E-state index contributed by atoms with van der Waals surface area (Å²) in [6.07, 6.45) is 3.01. The lowest BCUT2D eigenvalue weighted by Crippen LogP contribution is -2.58. The maximum Gasteiger partial charge on any atom is 0.326 e. The number of aliphatic carboxylic acids is 1. The molecule has 9 nitrogen and oxygen atoms in total. The summed E-state index contributed by atoms with van der Waals surface area (Å²) in [6.45, 7) is 8.33. The molecule has 0 aromatic heterocycles. The highest BCUT2D eigenvalue weighted by atomic mass is 16.4. The summed E-state index contributed by atoms with van der Waals surface area (Å²) in [4.78, 5) is 51.4. The fourth-order valence-electron chi connectivity index (χ4n) is 3.94. The first kappa shape index (κ1) is 23.1. The third kappa shape index (κ3) is 5.68. The van der Waals surface area contributed by atoms with Crippen molar-refractivity contribution in [3.8, 4) is 0 Å². The molecule has 29 heavy (non-hydrogen) atoms. The van der Waals surface area contributed by atoms with Gasteiger partial charge in [0, 0.05) is 6.54 Å². The summed E-state index contributed by atoms with van der Waals surface area (Å²) in [5.41, 5.74) is 0. The van der Waals surface area contributed by atoms with Crippen LogP contribution < -0.4 is 16.0 Å². The number of nitrogens with one attached hydrogen (secondary N) is 3. The second kappa shape index (κ2) is 10.0. The van der Waals surface area contributed by atoms with E-state index in [1.165, 1.54) is 0 Å². The van der Waals surface area contributed by atoms with Crippen LogP contribution >= 0.6 is 0 Å². The Kier molecular flexibility index (Phi) is 8.01. The maximum atomic E-state index is 12.9. The molecule has 0 aromatic rings. The van der Waals surface area contributed by atoms with Crippen LogP contribution in [0.3, 0.4) is 0 Å². The van der Waals surface area contributed by atoms with Crippen LogP contribution in [0.4, 0.5) is 0 Å². The molecule has 2 heterocycles. The van der Waals surface area contributed by atoms with E-state index in [1.807, 2.05) is 0 Å². The molecule has 4 unspecified atom stereocenters. The highest BCUT2D eigenvalue weighted by molar-refractivity contribution is 5.94. The molecule has 164 valence electrons. The van der Waals surface area contributed by atoms with Gasteiger partial charge in [-0.15, -0.1) is 0 Å². The zero-order valence-electron chi connectivity index (χ0n) is 17.7. The van der Waals surface area contributed by atoms with Gasteiger partial charge in [0.05, 0.1) is 6.04 Å². The molecule has 3 amide bonds. The fraction of sp³-hybridized carbons (Fsp3) is 0.800. The van der Waals surface area contributed by atoms with Gasteiger partial charge in [-0.2, -0.15) is 0 Å². The van der Waals surface area contributed by atoms with Gasteiger partial charge in [-0.25, -0.2) is 4.79 Å². The average Bonchev–Trinajstić information content (AvgIpc) is 3.34. The van der Waals surface area contributed by atoms with Gasteiger partial charge in [-0.3, -0.25) is 14.4 Å². The molecule has 0 radical (unpaired) electrons. The van der Waals surface area contributed by atoms with Crippen molar-refractivity contribution in [1.29, 1.82) is 0 Å². The van der Waals surface area contributed by atoms with Crippen molar-refractivity contribution in [2.45, 2.75) is 77.5 Å². The molecular formula is C20H34N4O5. The number of likely N-dealkylation sites (tertiary alicyclic amines) is 1. The van der Waals surface area contributed by atoms with Crippen molar-refractivity contribution in [2.24, 2.45) is 11.8 Å². The molecule has 0 aliphatic carbocycles. The highest BCUT2D eigenvalue weighted by Crippen LogP contribution is 2.21. The summed E-state index contributed by atoms with van der Waals surface area (Å²) >= 11 is 0. The van der Waals surface area contributed by atoms with Crippen LogP contribution in [0.2, 0.25) is 0 Å². The van der Waals surface area contributed by atoms with Crippen molar-refractivity contribution >= 4 is 23.7 Å². The Balaban J connectivity index is 2.05. The second-order valence-electron chi connectivity index (χ2n) is 8.64. The SMILES string of the molecule is CC(C)C(NC(=O)C(NC(=O)C1CCCN1C(=O)C1CCCN1)C(C)C)C(=O)O. The van der Waals surface area contributed by atoms with Crippen LogP contribution in [-0.4, -0.2) is 71.0 Å². The monoisotopic (exact) mass is 410 g/mol. The zero-order valence-corrected chi connectivity index (χ0v) is 17.7. The Bertz CT molecular complexity index is 630. The fourth-order valence-corrected chi connectivity index (χ4v) is 3.94. The van der Waals surface area contributed by atoms with Gasteiger partial charge in [-0.1, -0.05) is 27.7 Å². The summed E-state index contributed by atoms with van der Waals surface area (Å²) < 4.78 is 0. The molecule has 9 heteroatoms. The Morgan fingerprint density at radius 2 is 1.62 bits per heavy atom. The molecule has 0 aromatic carbocycles. The number of rotatable bonds is 8. The van der Waals surface area contributed by atoms with E-state index in [9.17, 15) is 24.3 Å². The van der Waals surface area contributed by atoms with Gasteiger partial charge < -0.3 is 26.0 Å². The largest absolute Gasteiger partial charge is 0.480 e. The molecule has 4 atom stereocenters. The summed E-state index contributed by atoms with van der Waals surface area (Å²) in [6, 6.07) is -2.74. The van der Waals surface area contributed by atoms with E-state index in [4.69, 9.17) is 0 Å². The molecule has 2 rings (SSSR count). The first-order chi connectivity index (χ1) is 13.6. The first-order valence-electron chi connectivity index (χ1n) is 10.5. The van der Waals surface area contributed by atoms with E-state index >= 15 is 0 Å². The third-order valence-electron chi connectivity index (χ3n) is 5.67. The lowest BCUT2D eigenvalue weighted by molar-refractivity contribution is -0.144. The summed E-state index contributed by atoms with van der Waals surface area (Å²) in [5, 5.41) is 17.8. The number of amides is 3. The van der Waals surface area contributed by atoms with E-state index in [0.717, 1.165) is 25.8 Å². The summed E-state index contributed by atoms with van der Waals surface area (Å²) in [5.74, 6) is -2.58. The van der Waals surface area contributed by atoms with E-state index < -0.39 is 30.0 Å². The van der Waals surface area contributed by atoms with Gasteiger partial charge in [0.15, 0.2) is 0 Å². The number of hydrogen-bond acceptors (Lipinski definition) is 5. The van der Waals surface area contributed by atoms with Crippen LogP contribution in [0, 0.1) is 11.8 Å². The minimum atomic E-state index is -1.11. The van der Waals surface area contributed by atoms with Gasteiger partial charge >= 0.3 is 5.97 Å². The van der Waals surface area contributed by atoms with Crippen LogP contribution in [-0.2, 0) is 19.2 Å². The van der Waals surface area contributed by atoms with E-state index in [1.54, 1.807) is 32.6 Å². The van der Waals surface area contributed by atoms with Crippen molar-refractivity contribution < 1.29 is 24.3 Å². The standard InChI is InChI=1S/C20H34N4O5/c1-11(2)15(18(26)23-16(12(3)4)20(28)29)22-17(25)14-8-6-10-24(14)19(27)13-7-5-9-21-13/h11-16,21H,5-10H2,1-4H3,(H,22,25)(H,23,26)(H,28,29). The van der Waals surface area contributed by atoms with E-state index in [-0.39, 0.29) is 29.7 Å². The smallest absolute Gasteiger partial charge is 0.326 e. The predicted octanol–water partition coefficient (Wildman–Crippen LogP) is 0.0956. The average molecular weight is 411 g/mol. The Morgan fingerprint density at radius 1 is 0.966 bits per heavy atom. The minimum absolute atomic E-state index is 0.0588. The Hall–Kier alpha value is -2.16. The molecule has 2 aliphatic heterocycles. The van der Waals surface area contributed by atoms with Gasteiger partial charge in [0.2, 0.25) is 17.7 Å². The van der Waals surface area contributed by atoms with Gasteiger partial charge in [0.25, 0.3) is 0 Å². The number of hydrogen-bond donors (Lipinski definition) is 4. The third-order valence-corrected chi connectivity index (χ3v) is 5.67. The molecule has 4 N–H and O–H groups in total. The normalized spacial score (nSPS) is 23.9. The van der Waals surface area contributed by atoms with Crippen molar-refractivity contribution in [2.75, 3.05) is 13.1 Å². The van der Waals surface area contributed by atoms with Crippen molar-refractivity contribution in [1.82, 2.24) is 20.9 Å². The maximum absolute atomic E-state index is 12.9. The zero-order chi connectivity index (χ0) is 21.7. The lowest BCUT2D eigenvalue weighted by Gasteiger charge is -2.30. The number of carbonyl (C=O) groups excluding carboxylic acids is 3. The van der Waals surface area contributed by atoms with Gasteiger partial charge in [0.1, 0.15) is 18.1 Å². The lowest BCUT2D eigenvalue weighted by atomic mass is 9.99. The number of carbonyl (C=O) groups is 4. The highest BCUT2D eigenvalue weighted by Gasteiger charge is 2.39. The quantitative estimate of drug-likeness (QED) is 0.449. The molecule has 0 spiro atoms. The number of carboxylic acids is 1. The van der Waals surface area contributed by atoms with Crippen LogP contribution in [0.5, 0.6) is 0 Å². The molecule has 0 saturated carbocycles. The topological polar surface area (TPSA) is 128 Å². The minimum Gasteiger partial charge on any atom is -0.480 e. The second-order valence-corrected chi connectivity index (χ2v) is 8.64. The van der Waals surface area contributed by atoms with Crippen molar-refractivity contribution in [3.05, 3.63) is 0 Å². The van der Waals surface area contributed by atoms with Crippen LogP contribution in [0.25, 0.3) is 0 Å². The Labute approximate surface area is 172 Å². The van der Waals surface area contributed by atoms with Crippen LogP contribution in [0.15, 0.2) is 0 Å². The van der Waals surface area contributed by atoms with E-state index in [0.29, 0.717) is 13.0 Å². The first-order valence-corrected chi connectivity index (χ1v) is 10.5. The van der Waals surface area contributed by atoms with Crippen molar-refractivity contribution in [3.63, 3.8) is 0 Å². The summed E-state index contributed by atoms with van der Waals surface area (Å²) in [7, 11) is 0. The molecule has 2 fully saturated rings. The van der Waals surface area contributed by atoms with E-state index in [2.05, 4.69) is 16.0 Å². The number of nitrogens with zero attached hydrogens (tertiary/aromatic N) is 1. The van der Waals surface area contributed by atoms with Gasteiger partial charge in [-0.05, 0) is 44.1 Å². The molecular weight excluding hydrogens is 376 g/mol. The predicted molar refractivity (Wildman–Crippen MR) is 107 cm³/mol. The molecule has 0 bridgehead atoms. The Morgan fingerprint density at radius 3 is 2.14 bits per heavy atom. The number of carboxylic acid groups (broad SMARTS) is 1. The molecule has 2 saturated heterocycles. The molecule has 2 aliphatic rings. The van der Waals surface area contributed by atoms with Crippen LogP contribution in [0.1, 0.15) is 53.4 Å².